The molecule has 0 radical (unpaired) electrons. The van der Waals surface area contributed by atoms with Crippen molar-refractivity contribution >= 4 is 5.97 Å². The average molecular weight is 314 g/mol. The van der Waals surface area contributed by atoms with Crippen molar-refractivity contribution in [2.24, 2.45) is 0 Å². The number of methoxy groups -OCH3 is 1. The van der Waals surface area contributed by atoms with Crippen LogP contribution < -0.4 is 9.47 Å². The van der Waals surface area contributed by atoms with Gasteiger partial charge in [-0.05, 0) is 55.7 Å². The smallest absolute Gasteiger partial charge is 0.340 e. The first-order valence-electron chi connectivity index (χ1n) is 7.53. The van der Waals surface area contributed by atoms with E-state index in [0.717, 1.165) is 22.4 Å². The monoisotopic (exact) mass is 314 g/mol. The number of carbonyl (C=O) groups excluding carboxylic acids is 1. The highest BCUT2D eigenvalue weighted by Crippen LogP contribution is 2.21. The third kappa shape index (κ3) is 4.57. The number of hydrogen-bond donors (Lipinski definition) is 0. The van der Waals surface area contributed by atoms with Gasteiger partial charge < -0.3 is 14.2 Å². The van der Waals surface area contributed by atoms with Crippen LogP contribution in [0.25, 0.3) is 0 Å². The lowest BCUT2D eigenvalue weighted by molar-refractivity contribution is -0.147. The van der Waals surface area contributed by atoms with E-state index in [2.05, 4.69) is 0 Å². The third-order valence-electron chi connectivity index (χ3n) is 3.73. The Bertz CT molecular complexity index is 679. The Morgan fingerprint density at radius 2 is 1.87 bits per heavy atom. The molecule has 2 rings (SSSR count). The maximum atomic E-state index is 12.1. The second-order valence-corrected chi connectivity index (χ2v) is 5.42. The molecule has 0 amide bonds. The van der Waals surface area contributed by atoms with Gasteiger partial charge in [0.15, 0.2) is 6.10 Å². The fourth-order valence-electron chi connectivity index (χ4n) is 2.08. The van der Waals surface area contributed by atoms with E-state index in [1.54, 1.807) is 20.1 Å². The third-order valence-corrected chi connectivity index (χ3v) is 3.73. The second kappa shape index (κ2) is 7.79. The number of benzene rings is 2. The number of carbonyl (C=O) groups is 1. The predicted molar refractivity (Wildman–Crippen MR) is 88.8 cm³/mol. The molecule has 122 valence electrons. The lowest BCUT2D eigenvalue weighted by atomic mass is 10.1. The average Bonchev–Trinajstić information content (AvgIpc) is 2.57. The van der Waals surface area contributed by atoms with Crippen molar-refractivity contribution in [2.45, 2.75) is 33.5 Å². The molecule has 0 aliphatic carbocycles. The van der Waals surface area contributed by atoms with Crippen LogP contribution in [0.4, 0.5) is 0 Å². The summed E-state index contributed by atoms with van der Waals surface area (Å²) in [4.78, 5) is 12.1. The van der Waals surface area contributed by atoms with Gasteiger partial charge in [-0.15, -0.1) is 0 Å². The first kappa shape index (κ1) is 17.0. The topological polar surface area (TPSA) is 44.8 Å². The quantitative estimate of drug-likeness (QED) is 0.600. The first-order valence-corrected chi connectivity index (χ1v) is 7.53. The molecule has 0 N–H and O–H groups in total. The van der Waals surface area contributed by atoms with Crippen LogP contribution in [0.3, 0.4) is 0 Å². The maximum absolute atomic E-state index is 12.1. The summed E-state index contributed by atoms with van der Waals surface area (Å²) in [5, 5.41) is 0. The molecule has 0 aromatic heterocycles. The summed E-state index contributed by atoms with van der Waals surface area (Å²) in [7, 11) is 1.62. The van der Waals surface area contributed by atoms with Crippen LogP contribution in [0.2, 0.25) is 0 Å². The van der Waals surface area contributed by atoms with Gasteiger partial charge in [-0.2, -0.15) is 0 Å². The SMILES string of the molecule is COc1cccc(COC(C)C(=O)Oc2cccc(C)c2C)c1. The molecule has 0 aliphatic heterocycles. The van der Waals surface area contributed by atoms with Crippen LogP contribution in [0, 0.1) is 13.8 Å². The molecule has 1 unspecified atom stereocenters. The normalized spacial score (nSPS) is 11.8. The molecular weight excluding hydrogens is 292 g/mol. The summed E-state index contributed by atoms with van der Waals surface area (Å²) in [6.45, 7) is 5.92. The van der Waals surface area contributed by atoms with Crippen molar-refractivity contribution in [1.82, 2.24) is 0 Å². The van der Waals surface area contributed by atoms with Gasteiger partial charge >= 0.3 is 5.97 Å². The molecule has 1 atom stereocenters. The fourth-order valence-corrected chi connectivity index (χ4v) is 2.08. The van der Waals surface area contributed by atoms with Crippen LogP contribution >= 0.6 is 0 Å². The minimum Gasteiger partial charge on any atom is -0.497 e. The summed E-state index contributed by atoms with van der Waals surface area (Å²) in [5.41, 5.74) is 2.98. The summed E-state index contributed by atoms with van der Waals surface area (Å²) in [5.74, 6) is 0.935. The molecule has 2 aromatic rings. The van der Waals surface area contributed by atoms with E-state index in [4.69, 9.17) is 14.2 Å². The lowest BCUT2D eigenvalue weighted by Gasteiger charge is -2.14. The number of aryl methyl sites for hydroxylation is 1. The van der Waals surface area contributed by atoms with E-state index >= 15 is 0 Å². The molecule has 4 nitrogen and oxygen atoms in total. The van der Waals surface area contributed by atoms with Crippen molar-refractivity contribution in [3.05, 3.63) is 59.2 Å². The van der Waals surface area contributed by atoms with E-state index < -0.39 is 12.1 Å². The minimum absolute atomic E-state index is 0.320. The zero-order chi connectivity index (χ0) is 16.8. The van der Waals surface area contributed by atoms with Gasteiger partial charge in [0.2, 0.25) is 0 Å². The van der Waals surface area contributed by atoms with Crippen molar-refractivity contribution in [3.8, 4) is 11.5 Å². The molecule has 23 heavy (non-hydrogen) atoms. The Kier molecular flexibility index (Phi) is 5.77. The van der Waals surface area contributed by atoms with Crippen molar-refractivity contribution in [2.75, 3.05) is 7.11 Å². The van der Waals surface area contributed by atoms with Crippen LogP contribution in [0.1, 0.15) is 23.6 Å². The zero-order valence-corrected chi connectivity index (χ0v) is 14.0. The Balaban J connectivity index is 1.93. The Hall–Kier alpha value is -2.33. The molecule has 2 aromatic carbocycles. The number of esters is 1. The summed E-state index contributed by atoms with van der Waals surface area (Å²) in [6, 6.07) is 13.2. The van der Waals surface area contributed by atoms with Gasteiger partial charge in [0.05, 0.1) is 13.7 Å². The highest BCUT2D eigenvalue weighted by atomic mass is 16.6. The molecule has 0 heterocycles. The number of ether oxygens (including phenoxy) is 3. The van der Waals surface area contributed by atoms with Crippen LogP contribution in [0.15, 0.2) is 42.5 Å². The minimum atomic E-state index is -0.652. The van der Waals surface area contributed by atoms with Gasteiger partial charge in [-0.1, -0.05) is 24.3 Å². The lowest BCUT2D eigenvalue weighted by Crippen LogP contribution is -2.26. The van der Waals surface area contributed by atoms with Crippen LogP contribution in [-0.2, 0) is 16.1 Å². The van der Waals surface area contributed by atoms with Crippen molar-refractivity contribution in [1.29, 1.82) is 0 Å². The van der Waals surface area contributed by atoms with Crippen LogP contribution in [0.5, 0.6) is 11.5 Å². The number of hydrogen-bond acceptors (Lipinski definition) is 4. The van der Waals surface area contributed by atoms with Crippen molar-refractivity contribution < 1.29 is 19.0 Å². The highest BCUT2D eigenvalue weighted by Gasteiger charge is 2.17. The largest absolute Gasteiger partial charge is 0.497 e. The molecule has 0 saturated carbocycles. The van der Waals surface area contributed by atoms with Gasteiger partial charge in [-0.3, -0.25) is 0 Å². The molecular formula is C19H22O4. The van der Waals surface area contributed by atoms with E-state index in [1.165, 1.54) is 0 Å². The van der Waals surface area contributed by atoms with Crippen LogP contribution in [-0.4, -0.2) is 19.2 Å². The molecule has 0 bridgehead atoms. The summed E-state index contributed by atoms with van der Waals surface area (Å²) < 4.78 is 16.2. The van der Waals surface area contributed by atoms with Gasteiger partial charge in [-0.25, -0.2) is 4.79 Å². The Morgan fingerprint density at radius 3 is 2.61 bits per heavy atom. The Labute approximate surface area is 137 Å². The molecule has 0 saturated heterocycles. The molecule has 0 aliphatic rings. The van der Waals surface area contributed by atoms with Gasteiger partial charge in [0.1, 0.15) is 11.5 Å². The van der Waals surface area contributed by atoms with Gasteiger partial charge in [0.25, 0.3) is 0 Å². The summed E-state index contributed by atoms with van der Waals surface area (Å²) >= 11 is 0. The second-order valence-electron chi connectivity index (χ2n) is 5.42. The van der Waals surface area contributed by atoms with E-state index in [-0.39, 0.29) is 0 Å². The summed E-state index contributed by atoms with van der Waals surface area (Å²) in [6.07, 6.45) is -0.652. The standard InChI is InChI=1S/C19H22O4/c1-13-7-5-10-18(14(13)2)23-19(20)15(3)22-12-16-8-6-9-17(11-16)21-4/h5-11,15H,12H2,1-4H3. The van der Waals surface area contributed by atoms with Gasteiger partial charge in [0, 0.05) is 0 Å². The van der Waals surface area contributed by atoms with E-state index in [1.807, 2.05) is 50.2 Å². The molecule has 4 heteroatoms. The first-order chi connectivity index (χ1) is 11.0. The predicted octanol–water partition coefficient (Wildman–Crippen LogP) is 3.82. The van der Waals surface area contributed by atoms with Crippen molar-refractivity contribution in [3.63, 3.8) is 0 Å². The Morgan fingerprint density at radius 1 is 1.13 bits per heavy atom. The van der Waals surface area contributed by atoms with E-state index in [9.17, 15) is 4.79 Å². The number of rotatable bonds is 6. The zero-order valence-electron chi connectivity index (χ0n) is 14.0. The molecule has 0 fully saturated rings. The van der Waals surface area contributed by atoms with E-state index in [0.29, 0.717) is 12.4 Å². The molecule has 0 spiro atoms. The highest BCUT2D eigenvalue weighted by molar-refractivity contribution is 5.77. The fraction of sp³-hybridized carbons (Fsp3) is 0.316. The maximum Gasteiger partial charge on any atom is 0.340 e.